The van der Waals surface area contributed by atoms with Crippen molar-refractivity contribution in [1.29, 1.82) is 0 Å². The van der Waals surface area contributed by atoms with E-state index in [0.717, 1.165) is 5.01 Å². The lowest BCUT2D eigenvalue weighted by Gasteiger charge is -2.05. The predicted octanol–water partition coefficient (Wildman–Crippen LogP) is 3.16. The van der Waals surface area contributed by atoms with Crippen molar-refractivity contribution in [3.8, 4) is 28.5 Å². The standard InChI is InChI=1S/C18H16N2O4S/c1-24-13-4-2-3-12(7-13)18(23)19-9-17-20-14(10-25-17)11-5-6-15(21)16(22)8-11/h2-8,10,21-22H,9H2,1H3,(H,19,23). The topological polar surface area (TPSA) is 91.7 Å². The van der Waals surface area contributed by atoms with Gasteiger partial charge in [-0.05, 0) is 36.4 Å². The summed E-state index contributed by atoms with van der Waals surface area (Å²) in [6, 6.07) is 11.4. The number of phenolic OH excluding ortho intramolecular Hbond substituents is 2. The number of nitrogens with one attached hydrogen (secondary N) is 1. The summed E-state index contributed by atoms with van der Waals surface area (Å²) < 4.78 is 5.11. The van der Waals surface area contributed by atoms with E-state index in [2.05, 4.69) is 10.3 Å². The van der Waals surface area contributed by atoms with Crippen LogP contribution in [0.5, 0.6) is 17.2 Å². The van der Waals surface area contributed by atoms with E-state index in [1.165, 1.54) is 23.5 Å². The number of hydrogen-bond acceptors (Lipinski definition) is 6. The van der Waals surface area contributed by atoms with Crippen molar-refractivity contribution in [3.05, 3.63) is 58.4 Å². The van der Waals surface area contributed by atoms with Crippen molar-refractivity contribution >= 4 is 17.2 Å². The molecule has 1 heterocycles. The Bertz CT molecular complexity index is 908. The molecule has 0 spiro atoms. The number of ether oxygens (including phenoxy) is 1. The highest BCUT2D eigenvalue weighted by molar-refractivity contribution is 7.09. The third-order valence-corrected chi connectivity index (χ3v) is 4.40. The number of aromatic nitrogens is 1. The van der Waals surface area contributed by atoms with E-state index >= 15 is 0 Å². The molecule has 128 valence electrons. The summed E-state index contributed by atoms with van der Waals surface area (Å²) in [5.74, 6) is 0.0392. The zero-order valence-electron chi connectivity index (χ0n) is 13.4. The molecule has 3 aromatic rings. The zero-order valence-corrected chi connectivity index (χ0v) is 14.2. The van der Waals surface area contributed by atoms with E-state index < -0.39 is 0 Å². The summed E-state index contributed by atoms with van der Waals surface area (Å²) in [5, 5.41) is 24.3. The molecule has 0 bridgehead atoms. The second-order valence-electron chi connectivity index (χ2n) is 5.24. The fourth-order valence-electron chi connectivity index (χ4n) is 2.23. The molecule has 0 saturated carbocycles. The number of carbonyl (C=O) groups is 1. The maximum absolute atomic E-state index is 12.2. The number of carbonyl (C=O) groups excluding carboxylic acids is 1. The van der Waals surface area contributed by atoms with Gasteiger partial charge in [-0.3, -0.25) is 4.79 Å². The second kappa shape index (κ2) is 7.23. The number of methoxy groups -OCH3 is 1. The average Bonchev–Trinajstić information content (AvgIpc) is 3.11. The van der Waals surface area contributed by atoms with Crippen molar-refractivity contribution in [2.24, 2.45) is 0 Å². The lowest BCUT2D eigenvalue weighted by Crippen LogP contribution is -2.22. The van der Waals surface area contributed by atoms with Crippen LogP contribution in [-0.2, 0) is 6.54 Å². The van der Waals surface area contributed by atoms with Gasteiger partial charge in [-0.2, -0.15) is 0 Å². The monoisotopic (exact) mass is 356 g/mol. The molecule has 0 aliphatic rings. The summed E-state index contributed by atoms with van der Waals surface area (Å²) in [4.78, 5) is 16.6. The van der Waals surface area contributed by atoms with Gasteiger partial charge in [-0.15, -0.1) is 11.3 Å². The minimum absolute atomic E-state index is 0.176. The van der Waals surface area contributed by atoms with Crippen LogP contribution >= 0.6 is 11.3 Å². The highest BCUT2D eigenvalue weighted by atomic mass is 32.1. The minimum atomic E-state index is -0.210. The molecule has 0 atom stereocenters. The van der Waals surface area contributed by atoms with Crippen LogP contribution in [0.1, 0.15) is 15.4 Å². The van der Waals surface area contributed by atoms with Crippen molar-refractivity contribution in [1.82, 2.24) is 10.3 Å². The number of rotatable bonds is 5. The van der Waals surface area contributed by atoms with Gasteiger partial charge in [0.25, 0.3) is 5.91 Å². The number of phenols is 2. The maximum Gasteiger partial charge on any atom is 0.251 e. The second-order valence-corrected chi connectivity index (χ2v) is 6.19. The number of thiazole rings is 1. The zero-order chi connectivity index (χ0) is 17.8. The van der Waals surface area contributed by atoms with Crippen LogP contribution < -0.4 is 10.1 Å². The first-order chi connectivity index (χ1) is 12.1. The molecule has 7 heteroatoms. The number of aromatic hydroxyl groups is 2. The number of benzene rings is 2. The van der Waals surface area contributed by atoms with E-state index in [9.17, 15) is 15.0 Å². The lowest BCUT2D eigenvalue weighted by molar-refractivity contribution is 0.0950. The highest BCUT2D eigenvalue weighted by Gasteiger charge is 2.10. The van der Waals surface area contributed by atoms with Crippen molar-refractivity contribution in [3.63, 3.8) is 0 Å². The molecule has 0 aliphatic heterocycles. The van der Waals surface area contributed by atoms with E-state index in [1.54, 1.807) is 37.4 Å². The van der Waals surface area contributed by atoms with Crippen LogP contribution in [0.15, 0.2) is 47.8 Å². The first-order valence-corrected chi connectivity index (χ1v) is 8.34. The quantitative estimate of drug-likeness (QED) is 0.611. The summed E-state index contributed by atoms with van der Waals surface area (Å²) in [6.45, 7) is 0.296. The summed E-state index contributed by atoms with van der Waals surface area (Å²) in [6.07, 6.45) is 0. The molecular weight excluding hydrogens is 340 g/mol. The smallest absolute Gasteiger partial charge is 0.251 e. The van der Waals surface area contributed by atoms with Crippen molar-refractivity contribution in [2.75, 3.05) is 7.11 Å². The molecule has 0 radical (unpaired) electrons. The molecule has 3 rings (SSSR count). The Kier molecular flexibility index (Phi) is 4.85. The van der Waals surface area contributed by atoms with Gasteiger partial charge in [0.1, 0.15) is 10.8 Å². The normalized spacial score (nSPS) is 10.4. The van der Waals surface area contributed by atoms with Crippen LogP contribution in [0.4, 0.5) is 0 Å². The molecule has 25 heavy (non-hydrogen) atoms. The Labute approximate surface area is 148 Å². The highest BCUT2D eigenvalue weighted by Crippen LogP contribution is 2.31. The van der Waals surface area contributed by atoms with Crippen LogP contribution in [0.2, 0.25) is 0 Å². The maximum atomic E-state index is 12.2. The predicted molar refractivity (Wildman–Crippen MR) is 95.0 cm³/mol. The van der Waals surface area contributed by atoms with Gasteiger partial charge in [-0.1, -0.05) is 6.07 Å². The molecule has 0 fully saturated rings. The third kappa shape index (κ3) is 3.89. The molecule has 0 aliphatic carbocycles. The van der Waals surface area contributed by atoms with E-state index in [-0.39, 0.29) is 17.4 Å². The van der Waals surface area contributed by atoms with Gasteiger partial charge in [0.05, 0.1) is 19.3 Å². The largest absolute Gasteiger partial charge is 0.504 e. The summed E-state index contributed by atoms with van der Waals surface area (Å²) >= 11 is 1.40. The van der Waals surface area contributed by atoms with Gasteiger partial charge < -0.3 is 20.3 Å². The van der Waals surface area contributed by atoms with Crippen LogP contribution in [0.3, 0.4) is 0 Å². The van der Waals surface area contributed by atoms with E-state index in [1.807, 2.05) is 5.38 Å². The SMILES string of the molecule is COc1cccc(C(=O)NCc2nc(-c3ccc(O)c(O)c3)cs2)c1. The van der Waals surface area contributed by atoms with Crippen molar-refractivity contribution in [2.45, 2.75) is 6.54 Å². The average molecular weight is 356 g/mol. The van der Waals surface area contributed by atoms with E-state index in [4.69, 9.17) is 4.74 Å². The first kappa shape index (κ1) is 16.8. The summed E-state index contributed by atoms with van der Waals surface area (Å²) in [7, 11) is 1.55. The number of nitrogens with zero attached hydrogens (tertiary/aromatic N) is 1. The Balaban J connectivity index is 1.67. The van der Waals surface area contributed by atoms with Gasteiger partial charge >= 0.3 is 0 Å². The number of amides is 1. The molecular formula is C18H16N2O4S. The lowest BCUT2D eigenvalue weighted by atomic mass is 10.1. The summed E-state index contributed by atoms with van der Waals surface area (Å²) in [5.41, 5.74) is 1.88. The van der Waals surface area contributed by atoms with Gasteiger partial charge in [0.15, 0.2) is 11.5 Å². The Morgan fingerprint density at radius 1 is 1.20 bits per heavy atom. The molecule has 1 aromatic heterocycles. The fourth-order valence-corrected chi connectivity index (χ4v) is 2.97. The molecule has 0 unspecified atom stereocenters. The Hall–Kier alpha value is -3.06. The molecule has 0 saturated heterocycles. The van der Waals surface area contributed by atoms with E-state index in [0.29, 0.717) is 29.1 Å². The Morgan fingerprint density at radius 2 is 2.04 bits per heavy atom. The van der Waals surface area contributed by atoms with Crippen LogP contribution in [0.25, 0.3) is 11.3 Å². The minimum Gasteiger partial charge on any atom is -0.504 e. The molecule has 2 aromatic carbocycles. The molecule has 6 nitrogen and oxygen atoms in total. The molecule has 3 N–H and O–H groups in total. The van der Waals surface area contributed by atoms with Crippen LogP contribution in [0, 0.1) is 0 Å². The van der Waals surface area contributed by atoms with Crippen LogP contribution in [-0.4, -0.2) is 28.2 Å². The van der Waals surface area contributed by atoms with Gasteiger partial charge in [0.2, 0.25) is 0 Å². The third-order valence-electron chi connectivity index (χ3n) is 3.56. The molecule has 1 amide bonds. The van der Waals surface area contributed by atoms with Gasteiger partial charge in [-0.25, -0.2) is 4.98 Å². The van der Waals surface area contributed by atoms with Crippen molar-refractivity contribution < 1.29 is 19.7 Å². The van der Waals surface area contributed by atoms with Gasteiger partial charge in [0, 0.05) is 16.5 Å². The Morgan fingerprint density at radius 3 is 2.80 bits per heavy atom. The first-order valence-electron chi connectivity index (χ1n) is 7.46. The number of hydrogen-bond donors (Lipinski definition) is 3. The fraction of sp³-hybridized carbons (Fsp3) is 0.111.